The van der Waals surface area contributed by atoms with Crippen LogP contribution < -0.4 is 0 Å². The van der Waals surface area contributed by atoms with Crippen molar-refractivity contribution in [2.45, 2.75) is 13.8 Å². The quantitative estimate of drug-likeness (QED) is 0.453. The first-order valence-corrected chi connectivity index (χ1v) is 3.25. The molecular formula is C8H12FNO. The van der Waals surface area contributed by atoms with E-state index in [0.717, 1.165) is 5.57 Å². The van der Waals surface area contributed by atoms with E-state index < -0.39 is 6.86 Å². The van der Waals surface area contributed by atoms with Gasteiger partial charge in [0.15, 0.2) is 0 Å². The molecule has 0 aromatic carbocycles. The lowest BCUT2D eigenvalue weighted by molar-refractivity contribution is 0.114. The Labute approximate surface area is 66.1 Å². The fraction of sp³-hybridized carbons (Fsp3) is 0.375. The van der Waals surface area contributed by atoms with Crippen LogP contribution in [0, 0.1) is 0 Å². The maximum atomic E-state index is 11.6. The van der Waals surface area contributed by atoms with Crippen LogP contribution in [0.4, 0.5) is 4.39 Å². The SMILES string of the molecule is C=C(C)/C=N\C(=C/C)OCF. The minimum Gasteiger partial charge on any atom is -0.446 e. The molecule has 0 heterocycles. The van der Waals surface area contributed by atoms with E-state index in [1.54, 1.807) is 19.9 Å². The standard InChI is InChI=1S/C8H12FNO/c1-4-8(11-6-9)10-5-7(2)3/h4-5H,2,6H2,1,3H3/b8-4+,10-5-. The van der Waals surface area contributed by atoms with Gasteiger partial charge in [-0.3, -0.25) is 0 Å². The summed E-state index contributed by atoms with van der Waals surface area (Å²) in [5.41, 5.74) is 0.798. The molecule has 0 bridgehead atoms. The molecule has 0 fully saturated rings. The van der Waals surface area contributed by atoms with Crippen molar-refractivity contribution in [1.82, 2.24) is 0 Å². The summed E-state index contributed by atoms with van der Waals surface area (Å²) in [7, 11) is 0. The van der Waals surface area contributed by atoms with Crippen molar-refractivity contribution in [1.29, 1.82) is 0 Å². The molecule has 0 aliphatic rings. The van der Waals surface area contributed by atoms with Crippen LogP contribution in [-0.4, -0.2) is 13.1 Å². The van der Waals surface area contributed by atoms with Gasteiger partial charge in [-0.1, -0.05) is 6.58 Å². The monoisotopic (exact) mass is 157 g/mol. The fourth-order valence-corrected chi connectivity index (χ4v) is 0.425. The van der Waals surface area contributed by atoms with Gasteiger partial charge in [0, 0.05) is 6.21 Å². The molecule has 0 saturated heterocycles. The second-order valence-electron chi connectivity index (χ2n) is 1.98. The fourth-order valence-electron chi connectivity index (χ4n) is 0.425. The van der Waals surface area contributed by atoms with Crippen molar-refractivity contribution in [2.24, 2.45) is 4.99 Å². The lowest BCUT2D eigenvalue weighted by atomic mass is 10.4. The van der Waals surface area contributed by atoms with Crippen LogP contribution in [0.3, 0.4) is 0 Å². The van der Waals surface area contributed by atoms with Crippen molar-refractivity contribution >= 4 is 6.21 Å². The molecule has 62 valence electrons. The molecule has 0 N–H and O–H groups in total. The van der Waals surface area contributed by atoms with Crippen LogP contribution >= 0.6 is 0 Å². The number of hydrogen-bond donors (Lipinski definition) is 0. The molecule has 0 unspecified atom stereocenters. The van der Waals surface area contributed by atoms with E-state index in [4.69, 9.17) is 0 Å². The number of alkyl halides is 1. The Balaban J connectivity index is 3.98. The number of ether oxygens (including phenoxy) is 1. The summed E-state index contributed by atoms with van der Waals surface area (Å²) in [4.78, 5) is 3.81. The van der Waals surface area contributed by atoms with Gasteiger partial charge in [0.2, 0.25) is 12.7 Å². The summed E-state index contributed by atoms with van der Waals surface area (Å²) in [5, 5.41) is 0. The highest BCUT2D eigenvalue weighted by Gasteiger charge is 1.89. The zero-order valence-electron chi connectivity index (χ0n) is 6.80. The van der Waals surface area contributed by atoms with Crippen molar-refractivity contribution in [3.8, 4) is 0 Å². The van der Waals surface area contributed by atoms with Crippen LogP contribution in [0.15, 0.2) is 29.1 Å². The second kappa shape index (κ2) is 5.65. The average molecular weight is 157 g/mol. The number of allylic oxidation sites excluding steroid dienone is 2. The highest BCUT2D eigenvalue weighted by molar-refractivity contribution is 5.77. The second-order valence-corrected chi connectivity index (χ2v) is 1.98. The Kier molecular flexibility index (Phi) is 5.07. The molecule has 0 aromatic rings. The Morgan fingerprint density at radius 1 is 1.73 bits per heavy atom. The number of halogens is 1. The topological polar surface area (TPSA) is 21.6 Å². The molecular weight excluding hydrogens is 145 g/mol. The Hall–Kier alpha value is -1.12. The minimum absolute atomic E-state index is 0.274. The molecule has 3 heteroatoms. The van der Waals surface area contributed by atoms with Crippen LogP contribution in [0.5, 0.6) is 0 Å². The summed E-state index contributed by atoms with van der Waals surface area (Å²) < 4.78 is 16.1. The highest BCUT2D eigenvalue weighted by Crippen LogP contribution is 1.98. The first-order chi connectivity index (χ1) is 5.20. The van der Waals surface area contributed by atoms with Crippen LogP contribution in [0.25, 0.3) is 0 Å². The van der Waals surface area contributed by atoms with Gasteiger partial charge in [0.25, 0.3) is 0 Å². The normalized spacial score (nSPS) is 12.1. The smallest absolute Gasteiger partial charge is 0.230 e. The molecule has 11 heavy (non-hydrogen) atoms. The molecule has 0 saturated carbocycles. The Bertz CT molecular complexity index is 185. The van der Waals surface area contributed by atoms with Gasteiger partial charge in [-0.25, -0.2) is 9.38 Å². The average Bonchev–Trinajstić information content (AvgIpc) is 1.97. The molecule has 0 aromatic heterocycles. The van der Waals surface area contributed by atoms with Gasteiger partial charge in [-0.2, -0.15) is 0 Å². The number of hydrogen-bond acceptors (Lipinski definition) is 2. The first kappa shape index (κ1) is 9.88. The van der Waals surface area contributed by atoms with Crippen LogP contribution in [0.1, 0.15) is 13.8 Å². The van der Waals surface area contributed by atoms with E-state index in [2.05, 4.69) is 16.3 Å². The Morgan fingerprint density at radius 2 is 2.36 bits per heavy atom. The number of rotatable bonds is 4. The van der Waals surface area contributed by atoms with E-state index in [1.807, 2.05) is 0 Å². The molecule has 2 nitrogen and oxygen atoms in total. The Morgan fingerprint density at radius 3 is 2.73 bits per heavy atom. The largest absolute Gasteiger partial charge is 0.446 e. The van der Waals surface area contributed by atoms with Gasteiger partial charge >= 0.3 is 0 Å². The van der Waals surface area contributed by atoms with Crippen molar-refractivity contribution in [2.75, 3.05) is 6.86 Å². The minimum atomic E-state index is -0.854. The van der Waals surface area contributed by atoms with Gasteiger partial charge in [-0.05, 0) is 25.5 Å². The summed E-state index contributed by atoms with van der Waals surface area (Å²) in [6.45, 7) is 6.26. The number of aliphatic imine (C=N–C) groups is 1. The molecule has 0 amide bonds. The van der Waals surface area contributed by atoms with Gasteiger partial charge < -0.3 is 4.74 Å². The van der Waals surface area contributed by atoms with E-state index >= 15 is 0 Å². The first-order valence-electron chi connectivity index (χ1n) is 3.25. The van der Waals surface area contributed by atoms with E-state index in [-0.39, 0.29) is 5.88 Å². The van der Waals surface area contributed by atoms with Crippen LogP contribution in [-0.2, 0) is 4.74 Å². The van der Waals surface area contributed by atoms with E-state index in [9.17, 15) is 4.39 Å². The van der Waals surface area contributed by atoms with Crippen molar-refractivity contribution in [3.63, 3.8) is 0 Å². The zero-order chi connectivity index (χ0) is 8.69. The summed E-state index contributed by atoms with van der Waals surface area (Å²) in [6, 6.07) is 0. The van der Waals surface area contributed by atoms with Crippen LogP contribution in [0.2, 0.25) is 0 Å². The number of nitrogens with zero attached hydrogens (tertiary/aromatic N) is 1. The van der Waals surface area contributed by atoms with Gasteiger partial charge in [0.05, 0.1) is 0 Å². The van der Waals surface area contributed by atoms with Crippen molar-refractivity contribution < 1.29 is 9.13 Å². The lowest BCUT2D eigenvalue weighted by Gasteiger charge is -1.98. The third-order valence-electron chi connectivity index (χ3n) is 0.862. The summed E-state index contributed by atoms with van der Waals surface area (Å²) in [5.74, 6) is 0.274. The predicted molar refractivity (Wildman–Crippen MR) is 44.1 cm³/mol. The summed E-state index contributed by atoms with van der Waals surface area (Å²) in [6.07, 6.45) is 3.10. The lowest BCUT2D eigenvalue weighted by Crippen LogP contribution is -1.87. The third kappa shape index (κ3) is 5.33. The molecule has 0 aliphatic heterocycles. The van der Waals surface area contributed by atoms with E-state index in [1.165, 1.54) is 6.21 Å². The van der Waals surface area contributed by atoms with Gasteiger partial charge in [-0.15, -0.1) is 0 Å². The zero-order valence-corrected chi connectivity index (χ0v) is 6.80. The molecule has 0 atom stereocenters. The highest BCUT2D eigenvalue weighted by atomic mass is 19.1. The van der Waals surface area contributed by atoms with Crippen molar-refractivity contribution in [3.05, 3.63) is 24.1 Å². The molecule has 0 spiro atoms. The molecule has 0 aliphatic carbocycles. The molecule has 0 rings (SSSR count). The third-order valence-corrected chi connectivity index (χ3v) is 0.862. The summed E-state index contributed by atoms with van der Waals surface area (Å²) >= 11 is 0. The van der Waals surface area contributed by atoms with E-state index in [0.29, 0.717) is 0 Å². The predicted octanol–water partition coefficient (Wildman–Crippen LogP) is 2.44. The molecule has 0 radical (unpaired) electrons. The maximum absolute atomic E-state index is 11.6. The van der Waals surface area contributed by atoms with Gasteiger partial charge in [0.1, 0.15) is 0 Å². The maximum Gasteiger partial charge on any atom is 0.230 e.